The second-order valence-electron chi connectivity index (χ2n) is 4.80. The van der Waals surface area contributed by atoms with Crippen LogP contribution in [0.15, 0.2) is 18.2 Å². The summed E-state index contributed by atoms with van der Waals surface area (Å²) in [5.41, 5.74) is 1.66. The van der Waals surface area contributed by atoms with Crippen molar-refractivity contribution in [3.63, 3.8) is 0 Å². The van der Waals surface area contributed by atoms with Gasteiger partial charge in [-0.1, -0.05) is 0 Å². The lowest BCUT2D eigenvalue weighted by Gasteiger charge is -2.25. The van der Waals surface area contributed by atoms with Gasteiger partial charge >= 0.3 is 0 Å². The second-order valence-corrected chi connectivity index (χ2v) is 4.80. The molecule has 1 saturated heterocycles. The highest BCUT2D eigenvalue weighted by Gasteiger charge is 2.29. The molecule has 92 valence electrons. The Balaban J connectivity index is 2.23. The molecule has 1 aliphatic heterocycles. The van der Waals surface area contributed by atoms with Crippen LogP contribution in [-0.2, 0) is 4.74 Å². The van der Waals surface area contributed by atoms with Gasteiger partial charge in [0.15, 0.2) is 0 Å². The van der Waals surface area contributed by atoms with E-state index in [1.54, 1.807) is 12.1 Å². The fourth-order valence-electron chi connectivity index (χ4n) is 2.05. The molecule has 5 heteroatoms. The summed E-state index contributed by atoms with van der Waals surface area (Å²) in [5, 5.41) is 14.1. The topological polar surface area (TPSA) is 64.4 Å². The van der Waals surface area contributed by atoms with Gasteiger partial charge in [-0.2, -0.15) is 0 Å². The molecule has 1 fully saturated rings. The van der Waals surface area contributed by atoms with E-state index >= 15 is 0 Å². The summed E-state index contributed by atoms with van der Waals surface area (Å²) in [4.78, 5) is 10.4. The molecule has 0 bridgehead atoms. The summed E-state index contributed by atoms with van der Waals surface area (Å²) in [7, 11) is 0. The Hall–Kier alpha value is -1.62. The molecule has 5 nitrogen and oxygen atoms in total. The molecule has 0 spiro atoms. The van der Waals surface area contributed by atoms with Crippen LogP contribution >= 0.6 is 0 Å². The Morgan fingerprint density at radius 2 is 2.24 bits per heavy atom. The molecule has 1 aromatic carbocycles. The zero-order valence-electron chi connectivity index (χ0n) is 10.0. The van der Waals surface area contributed by atoms with E-state index in [0.717, 1.165) is 24.3 Å². The number of hydrogen-bond acceptors (Lipinski definition) is 4. The Labute approximate surface area is 99.9 Å². The largest absolute Gasteiger partial charge is 0.379 e. The number of benzene rings is 1. The van der Waals surface area contributed by atoms with Crippen molar-refractivity contribution in [2.75, 3.05) is 18.5 Å². The van der Waals surface area contributed by atoms with Crippen LogP contribution in [0.3, 0.4) is 0 Å². The van der Waals surface area contributed by atoms with Crippen LogP contribution in [0.5, 0.6) is 0 Å². The second kappa shape index (κ2) is 4.33. The number of nitro groups is 1. The average Bonchev–Trinajstić information content (AvgIpc) is 2.63. The van der Waals surface area contributed by atoms with Gasteiger partial charge in [0.1, 0.15) is 0 Å². The molecule has 1 N–H and O–H groups in total. The quantitative estimate of drug-likeness (QED) is 0.647. The van der Waals surface area contributed by atoms with Gasteiger partial charge in [-0.15, -0.1) is 0 Å². The van der Waals surface area contributed by atoms with Crippen molar-refractivity contribution in [1.82, 2.24) is 0 Å². The van der Waals surface area contributed by atoms with Gasteiger partial charge in [-0.3, -0.25) is 10.1 Å². The summed E-state index contributed by atoms with van der Waals surface area (Å²) in [6, 6.07) is 5.05. The van der Waals surface area contributed by atoms with E-state index in [4.69, 9.17) is 4.74 Å². The highest BCUT2D eigenvalue weighted by molar-refractivity contribution is 5.55. The van der Waals surface area contributed by atoms with Crippen LogP contribution in [0.25, 0.3) is 0 Å². The number of nitrogens with one attached hydrogen (secondary N) is 1. The first-order valence-corrected chi connectivity index (χ1v) is 5.61. The number of aryl methyl sites for hydroxylation is 1. The van der Waals surface area contributed by atoms with Gasteiger partial charge in [-0.05, 0) is 31.9 Å². The molecule has 1 atom stereocenters. The SMILES string of the molecule is Cc1cc(NC2(C)CCOC2)cc([N+](=O)[O-])c1. The Morgan fingerprint density at radius 1 is 1.47 bits per heavy atom. The van der Waals surface area contributed by atoms with Crippen LogP contribution in [-0.4, -0.2) is 23.7 Å². The number of hydrogen-bond donors (Lipinski definition) is 1. The normalized spacial score (nSPS) is 23.6. The molecule has 1 aliphatic rings. The first-order chi connectivity index (χ1) is 7.98. The molecule has 0 aromatic heterocycles. The van der Waals surface area contributed by atoms with Crippen LogP contribution in [0.1, 0.15) is 18.9 Å². The van der Waals surface area contributed by atoms with Crippen molar-refractivity contribution >= 4 is 11.4 Å². The molecule has 0 radical (unpaired) electrons. The van der Waals surface area contributed by atoms with E-state index in [9.17, 15) is 10.1 Å². The van der Waals surface area contributed by atoms with Crippen LogP contribution in [0, 0.1) is 17.0 Å². The molecular formula is C12H16N2O3. The van der Waals surface area contributed by atoms with Gasteiger partial charge < -0.3 is 10.1 Å². The van der Waals surface area contributed by atoms with Gasteiger partial charge in [0.05, 0.1) is 17.1 Å². The Bertz CT molecular complexity index is 439. The maximum absolute atomic E-state index is 10.8. The van der Waals surface area contributed by atoms with E-state index in [0.29, 0.717) is 6.61 Å². The number of nitrogens with zero attached hydrogens (tertiary/aromatic N) is 1. The number of anilines is 1. The van der Waals surface area contributed by atoms with E-state index in [1.165, 1.54) is 0 Å². The average molecular weight is 236 g/mol. The number of rotatable bonds is 3. The van der Waals surface area contributed by atoms with Gasteiger partial charge in [0.2, 0.25) is 0 Å². The molecule has 17 heavy (non-hydrogen) atoms. The minimum Gasteiger partial charge on any atom is -0.379 e. The zero-order valence-corrected chi connectivity index (χ0v) is 10.0. The van der Waals surface area contributed by atoms with Crippen molar-refractivity contribution in [3.8, 4) is 0 Å². The summed E-state index contributed by atoms with van der Waals surface area (Å²) >= 11 is 0. The lowest BCUT2D eigenvalue weighted by molar-refractivity contribution is -0.384. The molecule has 2 rings (SSSR count). The first-order valence-electron chi connectivity index (χ1n) is 5.61. The number of nitro benzene ring substituents is 1. The van der Waals surface area contributed by atoms with Crippen LogP contribution in [0.2, 0.25) is 0 Å². The third-order valence-corrected chi connectivity index (χ3v) is 2.94. The lowest BCUT2D eigenvalue weighted by Crippen LogP contribution is -2.34. The fraction of sp³-hybridized carbons (Fsp3) is 0.500. The summed E-state index contributed by atoms with van der Waals surface area (Å²) in [6.07, 6.45) is 0.911. The lowest BCUT2D eigenvalue weighted by atomic mass is 10.0. The van der Waals surface area contributed by atoms with E-state index in [1.807, 2.05) is 13.0 Å². The van der Waals surface area contributed by atoms with Crippen molar-refractivity contribution in [2.45, 2.75) is 25.8 Å². The third kappa shape index (κ3) is 2.74. The van der Waals surface area contributed by atoms with E-state index < -0.39 is 0 Å². The standard InChI is InChI=1S/C12H16N2O3/c1-9-5-10(7-11(6-9)14(15)16)13-12(2)3-4-17-8-12/h5-7,13H,3-4,8H2,1-2H3. The minimum atomic E-state index is -0.369. The zero-order chi connectivity index (χ0) is 12.5. The Morgan fingerprint density at radius 3 is 2.82 bits per heavy atom. The smallest absolute Gasteiger partial charge is 0.271 e. The van der Waals surface area contributed by atoms with Crippen molar-refractivity contribution in [2.24, 2.45) is 0 Å². The van der Waals surface area contributed by atoms with Crippen LogP contribution < -0.4 is 5.32 Å². The van der Waals surface area contributed by atoms with Gasteiger partial charge in [-0.25, -0.2) is 0 Å². The molecule has 1 aromatic rings. The van der Waals surface area contributed by atoms with Crippen molar-refractivity contribution in [1.29, 1.82) is 0 Å². The highest BCUT2D eigenvalue weighted by Crippen LogP contribution is 2.27. The van der Waals surface area contributed by atoms with Crippen molar-refractivity contribution in [3.05, 3.63) is 33.9 Å². The molecule has 0 amide bonds. The molecule has 0 saturated carbocycles. The summed E-state index contributed by atoms with van der Waals surface area (Å²) in [5.74, 6) is 0. The van der Waals surface area contributed by atoms with Gasteiger partial charge in [0.25, 0.3) is 5.69 Å². The summed E-state index contributed by atoms with van der Waals surface area (Å²) in [6.45, 7) is 5.28. The number of non-ortho nitro benzene ring substituents is 1. The monoisotopic (exact) mass is 236 g/mol. The highest BCUT2D eigenvalue weighted by atomic mass is 16.6. The maximum atomic E-state index is 10.8. The number of ether oxygens (including phenoxy) is 1. The minimum absolute atomic E-state index is 0.120. The van der Waals surface area contributed by atoms with Gasteiger partial charge in [0, 0.05) is 24.4 Å². The molecular weight excluding hydrogens is 220 g/mol. The van der Waals surface area contributed by atoms with E-state index in [2.05, 4.69) is 12.2 Å². The summed E-state index contributed by atoms with van der Waals surface area (Å²) < 4.78 is 5.34. The van der Waals surface area contributed by atoms with Crippen molar-refractivity contribution < 1.29 is 9.66 Å². The van der Waals surface area contributed by atoms with E-state index in [-0.39, 0.29) is 16.1 Å². The van der Waals surface area contributed by atoms with Crippen LogP contribution in [0.4, 0.5) is 11.4 Å². The third-order valence-electron chi connectivity index (χ3n) is 2.94. The predicted octanol–water partition coefficient (Wildman–Crippen LogP) is 2.49. The predicted molar refractivity (Wildman–Crippen MR) is 65.3 cm³/mol. The maximum Gasteiger partial charge on any atom is 0.271 e. The fourth-order valence-corrected chi connectivity index (χ4v) is 2.05. The molecule has 1 heterocycles. The molecule has 1 unspecified atom stereocenters. The Kier molecular flexibility index (Phi) is 3.02. The first kappa shape index (κ1) is 11.9. The molecule has 0 aliphatic carbocycles.